The number of unbranched alkanes of at least 4 members (excludes halogenated alkanes) is 1. The number of ketones is 2. The molecule has 0 unspecified atom stereocenters. The van der Waals surface area contributed by atoms with Gasteiger partial charge in [-0.1, -0.05) is 69.5 Å². The number of benzene rings is 2. The van der Waals surface area contributed by atoms with Crippen molar-refractivity contribution in [2.24, 2.45) is 5.92 Å². The first-order valence-corrected chi connectivity index (χ1v) is 10.2. The van der Waals surface area contributed by atoms with Crippen molar-refractivity contribution in [2.45, 2.75) is 39.0 Å². The van der Waals surface area contributed by atoms with Crippen molar-refractivity contribution in [3.05, 3.63) is 68.6 Å². The van der Waals surface area contributed by atoms with E-state index in [1.165, 1.54) is 0 Å². The lowest BCUT2D eigenvalue weighted by atomic mass is 10.1. The smallest absolute Gasteiger partial charge is 0.165 e. The molecule has 0 saturated heterocycles. The summed E-state index contributed by atoms with van der Waals surface area (Å²) in [6.07, 6.45) is 4.87. The fourth-order valence-corrected chi connectivity index (χ4v) is 2.84. The van der Waals surface area contributed by atoms with Crippen molar-refractivity contribution in [3.8, 4) is 0 Å². The molecule has 25 heavy (non-hydrogen) atoms. The largest absolute Gasteiger partial charge is 0.294 e. The summed E-state index contributed by atoms with van der Waals surface area (Å²) >= 11 is 6.67. The molecule has 132 valence electrons. The van der Waals surface area contributed by atoms with Crippen LogP contribution in [0.4, 0.5) is 0 Å². The van der Waals surface area contributed by atoms with Crippen LogP contribution in [0, 0.1) is 5.92 Å². The van der Waals surface area contributed by atoms with Crippen molar-refractivity contribution in [1.82, 2.24) is 0 Å². The Hall–Kier alpha value is -1.26. The number of Topliss-reactive ketones (excluding diaryl/α,β-unsaturated/α-hetero) is 2. The van der Waals surface area contributed by atoms with Gasteiger partial charge in [0.25, 0.3) is 0 Å². The minimum atomic E-state index is 0.245. The maximum absolute atomic E-state index is 11.5. The Bertz CT molecular complexity index is 702. The minimum Gasteiger partial charge on any atom is -0.294 e. The van der Waals surface area contributed by atoms with E-state index >= 15 is 0 Å². The summed E-state index contributed by atoms with van der Waals surface area (Å²) in [5.41, 5.74) is 1.66. The van der Waals surface area contributed by atoms with E-state index in [0.29, 0.717) is 18.1 Å². The molecular weight excluding hydrogens is 444 g/mol. The van der Waals surface area contributed by atoms with Gasteiger partial charge in [0, 0.05) is 32.4 Å². The summed E-state index contributed by atoms with van der Waals surface area (Å²) in [5, 5.41) is 0. The first-order chi connectivity index (χ1) is 12.0. The molecule has 1 saturated carbocycles. The SMILES string of the molecule is CCCCC(=O)c1ccc(Br)cc1.O=C(c1ccc(Br)cc1)C1CC1. The molecule has 0 aromatic heterocycles. The fraction of sp³-hybridized carbons (Fsp3) is 0.333. The van der Waals surface area contributed by atoms with Gasteiger partial charge in [-0.15, -0.1) is 0 Å². The summed E-state index contributed by atoms with van der Waals surface area (Å²) in [4.78, 5) is 23.0. The molecule has 1 aliphatic rings. The van der Waals surface area contributed by atoms with Crippen molar-refractivity contribution in [3.63, 3.8) is 0 Å². The zero-order valence-electron chi connectivity index (χ0n) is 14.3. The second-order valence-electron chi connectivity index (χ2n) is 6.18. The van der Waals surface area contributed by atoms with Gasteiger partial charge >= 0.3 is 0 Å². The average molecular weight is 466 g/mol. The molecule has 2 aromatic carbocycles. The van der Waals surface area contributed by atoms with Crippen molar-refractivity contribution in [2.75, 3.05) is 0 Å². The van der Waals surface area contributed by atoms with Crippen LogP contribution in [0.5, 0.6) is 0 Å². The highest BCUT2D eigenvalue weighted by atomic mass is 79.9. The quantitative estimate of drug-likeness (QED) is 0.436. The summed E-state index contributed by atoms with van der Waals surface area (Å²) in [5.74, 6) is 0.878. The molecule has 0 spiro atoms. The Morgan fingerprint density at radius 1 is 0.880 bits per heavy atom. The number of halogens is 2. The van der Waals surface area contributed by atoms with Crippen LogP contribution in [0.2, 0.25) is 0 Å². The second-order valence-corrected chi connectivity index (χ2v) is 8.01. The molecule has 0 aliphatic heterocycles. The van der Waals surface area contributed by atoms with Gasteiger partial charge in [-0.25, -0.2) is 0 Å². The maximum Gasteiger partial charge on any atom is 0.165 e. The first-order valence-electron chi connectivity index (χ1n) is 8.59. The van der Waals surface area contributed by atoms with Gasteiger partial charge in [-0.3, -0.25) is 9.59 Å². The van der Waals surface area contributed by atoms with Crippen LogP contribution in [0.3, 0.4) is 0 Å². The summed E-state index contributed by atoms with van der Waals surface area (Å²) in [6.45, 7) is 2.09. The van der Waals surface area contributed by atoms with Crippen molar-refractivity contribution >= 4 is 43.4 Å². The lowest BCUT2D eigenvalue weighted by Gasteiger charge is -1.99. The van der Waals surface area contributed by atoms with E-state index in [4.69, 9.17) is 0 Å². The molecule has 0 heterocycles. The Balaban J connectivity index is 0.000000181. The lowest BCUT2D eigenvalue weighted by molar-refractivity contribution is 0.0964. The van der Waals surface area contributed by atoms with Gasteiger partial charge in [0.05, 0.1) is 0 Å². The summed E-state index contributed by atoms with van der Waals surface area (Å²) in [6, 6.07) is 15.1. The highest BCUT2D eigenvalue weighted by Crippen LogP contribution is 2.32. The highest BCUT2D eigenvalue weighted by Gasteiger charge is 2.30. The van der Waals surface area contributed by atoms with E-state index in [9.17, 15) is 9.59 Å². The minimum absolute atomic E-state index is 0.245. The molecule has 0 amide bonds. The molecule has 0 atom stereocenters. The van der Waals surface area contributed by atoms with Gasteiger partial charge in [0.1, 0.15) is 0 Å². The van der Waals surface area contributed by atoms with E-state index in [0.717, 1.165) is 45.8 Å². The summed E-state index contributed by atoms with van der Waals surface area (Å²) in [7, 11) is 0. The monoisotopic (exact) mass is 464 g/mol. The molecular formula is C21H22Br2O2. The third-order valence-corrected chi connectivity index (χ3v) is 5.06. The number of carbonyl (C=O) groups is 2. The summed E-state index contributed by atoms with van der Waals surface area (Å²) < 4.78 is 2.04. The Labute approximate surface area is 166 Å². The van der Waals surface area contributed by atoms with Gasteiger partial charge in [0.2, 0.25) is 0 Å². The fourth-order valence-electron chi connectivity index (χ4n) is 2.31. The topological polar surface area (TPSA) is 34.1 Å². The highest BCUT2D eigenvalue weighted by molar-refractivity contribution is 9.10. The van der Waals surface area contributed by atoms with Crippen LogP contribution in [0.25, 0.3) is 0 Å². The van der Waals surface area contributed by atoms with Gasteiger partial charge in [0.15, 0.2) is 11.6 Å². The van der Waals surface area contributed by atoms with Crippen molar-refractivity contribution < 1.29 is 9.59 Å². The van der Waals surface area contributed by atoms with E-state index in [2.05, 4.69) is 38.8 Å². The van der Waals surface area contributed by atoms with Crippen LogP contribution in [-0.2, 0) is 0 Å². The molecule has 0 N–H and O–H groups in total. The normalized spacial score (nSPS) is 12.9. The first kappa shape index (κ1) is 20.1. The predicted octanol–water partition coefficient (Wildman–Crippen LogP) is 6.86. The predicted molar refractivity (Wildman–Crippen MR) is 109 cm³/mol. The lowest BCUT2D eigenvalue weighted by Crippen LogP contribution is -1.99. The molecule has 2 nitrogen and oxygen atoms in total. The zero-order valence-corrected chi connectivity index (χ0v) is 17.5. The van der Waals surface area contributed by atoms with Crippen LogP contribution < -0.4 is 0 Å². The van der Waals surface area contributed by atoms with Crippen molar-refractivity contribution in [1.29, 1.82) is 0 Å². The zero-order chi connectivity index (χ0) is 18.2. The Morgan fingerprint density at radius 2 is 1.36 bits per heavy atom. The maximum atomic E-state index is 11.5. The van der Waals surface area contributed by atoms with Gasteiger partial charge in [-0.2, -0.15) is 0 Å². The molecule has 2 aromatic rings. The molecule has 1 aliphatic carbocycles. The molecule has 3 rings (SSSR count). The van der Waals surface area contributed by atoms with E-state index in [1.807, 2.05) is 48.5 Å². The van der Waals surface area contributed by atoms with Crippen LogP contribution in [-0.4, -0.2) is 11.6 Å². The van der Waals surface area contributed by atoms with E-state index < -0.39 is 0 Å². The second kappa shape index (κ2) is 10.0. The standard InChI is InChI=1S/C11H13BrO.C10H9BrO/c1-2-3-4-11(13)9-5-7-10(12)8-6-9;11-9-5-3-8(4-6-9)10(12)7-1-2-7/h5-8H,2-4H2,1H3;3-7H,1-2H2. The number of hydrogen-bond donors (Lipinski definition) is 0. The average Bonchev–Trinajstić information content (AvgIpc) is 3.46. The van der Waals surface area contributed by atoms with Gasteiger partial charge < -0.3 is 0 Å². The Morgan fingerprint density at radius 3 is 1.80 bits per heavy atom. The van der Waals surface area contributed by atoms with Crippen LogP contribution in [0.15, 0.2) is 57.5 Å². The molecule has 0 bridgehead atoms. The van der Waals surface area contributed by atoms with E-state index in [-0.39, 0.29) is 5.78 Å². The third kappa shape index (κ3) is 6.87. The third-order valence-electron chi connectivity index (χ3n) is 4.00. The van der Waals surface area contributed by atoms with Gasteiger partial charge in [-0.05, 0) is 43.5 Å². The van der Waals surface area contributed by atoms with Crippen LogP contribution >= 0.6 is 31.9 Å². The number of rotatable bonds is 6. The van der Waals surface area contributed by atoms with Crippen LogP contribution in [0.1, 0.15) is 59.7 Å². The molecule has 1 fully saturated rings. The molecule has 0 radical (unpaired) electrons. The Kier molecular flexibility index (Phi) is 8.04. The number of carbonyl (C=O) groups excluding carboxylic acids is 2. The number of hydrogen-bond acceptors (Lipinski definition) is 2. The molecule has 4 heteroatoms. The van der Waals surface area contributed by atoms with E-state index in [1.54, 1.807) is 0 Å².